The summed E-state index contributed by atoms with van der Waals surface area (Å²) in [6.45, 7) is 0. The molecule has 0 atom stereocenters. The first-order chi connectivity index (χ1) is 12.3. The first kappa shape index (κ1) is 21.3. The average Bonchev–Trinajstić information content (AvgIpc) is 2.59. The minimum atomic E-state index is 0.265. The number of hydrogen-bond acceptors (Lipinski definition) is 6. The van der Waals surface area contributed by atoms with Crippen LogP contribution in [-0.2, 0) is 6.42 Å². The Balaban J connectivity index is 0.000000209. The standard InChI is InChI=1S/C11H9BrClN3.C4H2Br2ClN3/c12-9-10(13)16-11(14)8(15-9)6-7-4-2-1-3-5-7;5-1-3(7)10-4(8)2(6)9-1/h1-5H,6H2,(H2,14,16);(H2,8,10). The van der Waals surface area contributed by atoms with E-state index in [-0.39, 0.29) is 16.1 Å². The van der Waals surface area contributed by atoms with Crippen LogP contribution in [0.25, 0.3) is 0 Å². The molecule has 2 aromatic heterocycles. The smallest absolute Gasteiger partial charge is 0.164 e. The molecule has 1 aromatic carbocycles. The summed E-state index contributed by atoms with van der Waals surface area (Å²) in [5, 5.41) is 0.551. The predicted octanol–water partition coefficient (Wildman–Crippen LogP) is 5.30. The summed E-state index contributed by atoms with van der Waals surface area (Å²) in [5.74, 6) is 0.658. The fourth-order valence-corrected chi connectivity index (χ4v) is 3.08. The molecule has 0 unspecified atom stereocenters. The molecule has 4 N–H and O–H groups in total. The quantitative estimate of drug-likeness (QED) is 0.423. The third-order valence-electron chi connectivity index (χ3n) is 2.93. The van der Waals surface area contributed by atoms with Crippen LogP contribution in [0.4, 0.5) is 11.6 Å². The maximum atomic E-state index is 5.79. The Kier molecular flexibility index (Phi) is 8.03. The van der Waals surface area contributed by atoms with E-state index in [1.54, 1.807) is 0 Å². The average molecular weight is 586 g/mol. The maximum absolute atomic E-state index is 5.79. The van der Waals surface area contributed by atoms with Crippen LogP contribution in [0.2, 0.25) is 10.3 Å². The highest BCUT2D eigenvalue weighted by molar-refractivity contribution is 9.11. The van der Waals surface area contributed by atoms with Crippen LogP contribution in [0.5, 0.6) is 0 Å². The first-order valence-corrected chi connectivity index (χ1v) is 10.1. The van der Waals surface area contributed by atoms with Gasteiger partial charge in [0, 0.05) is 6.42 Å². The van der Waals surface area contributed by atoms with Crippen LogP contribution in [0, 0.1) is 0 Å². The SMILES string of the molecule is Nc1nc(Cl)c(Br)nc1Br.Nc1nc(Cl)c(Br)nc1Cc1ccccc1. The van der Waals surface area contributed by atoms with Crippen molar-refractivity contribution >= 4 is 82.6 Å². The molecule has 0 aliphatic carbocycles. The number of halogens is 5. The van der Waals surface area contributed by atoms with Gasteiger partial charge in [0.25, 0.3) is 0 Å². The van der Waals surface area contributed by atoms with Gasteiger partial charge in [0.1, 0.15) is 19.6 Å². The van der Waals surface area contributed by atoms with Gasteiger partial charge in [-0.1, -0.05) is 53.5 Å². The third-order valence-corrected chi connectivity index (χ3v) is 5.60. The third kappa shape index (κ3) is 6.02. The van der Waals surface area contributed by atoms with E-state index in [0.717, 1.165) is 11.3 Å². The molecule has 11 heteroatoms. The number of nitrogen functional groups attached to an aromatic ring is 2. The molecule has 6 nitrogen and oxygen atoms in total. The molecule has 2 heterocycles. The molecular formula is C15H11Br3Cl2N6. The summed E-state index contributed by atoms with van der Waals surface area (Å²) >= 11 is 20.8. The molecule has 26 heavy (non-hydrogen) atoms. The maximum Gasteiger partial charge on any atom is 0.164 e. The van der Waals surface area contributed by atoms with Crippen LogP contribution >= 0.6 is 71.0 Å². The molecule has 0 bridgehead atoms. The number of aromatic nitrogens is 4. The summed E-state index contributed by atoms with van der Waals surface area (Å²) in [7, 11) is 0. The molecule has 0 amide bonds. The first-order valence-electron chi connectivity index (χ1n) is 6.93. The topological polar surface area (TPSA) is 104 Å². The predicted molar refractivity (Wildman–Crippen MR) is 115 cm³/mol. The summed E-state index contributed by atoms with van der Waals surface area (Å²) in [5.41, 5.74) is 13.0. The van der Waals surface area contributed by atoms with Gasteiger partial charge in [0.15, 0.2) is 16.1 Å². The lowest BCUT2D eigenvalue weighted by atomic mass is 10.1. The van der Waals surface area contributed by atoms with Crippen molar-refractivity contribution in [3.05, 3.63) is 65.7 Å². The van der Waals surface area contributed by atoms with E-state index in [0.29, 0.717) is 26.0 Å². The van der Waals surface area contributed by atoms with Gasteiger partial charge in [-0.25, -0.2) is 19.9 Å². The lowest BCUT2D eigenvalue weighted by molar-refractivity contribution is 1.02. The molecular weight excluding hydrogens is 575 g/mol. The number of hydrogen-bond donors (Lipinski definition) is 2. The fraction of sp³-hybridized carbons (Fsp3) is 0.0667. The molecule has 0 aliphatic heterocycles. The summed E-state index contributed by atoms with van der Waals surface area (Å²) in [6.07, 6.45) is 0.648. The molecule has 0 fully saturated rings. The molecule has 136 valence electrons. The Morgan fingerprint density at radius 2 is 1.27 bits per heavy atom. The van der Waals surface area contributed by atoms with Gasteiger partial charge in [-0.05, 0) is 53.4 Å². The molecule has 0 radical (unpaired) electrons. The Morgan fingerprint density at radius 1 is 0.731 bits per heavy atom. The number of nitrogens with two attached hydrogens (primary N) is 2. The minimum absolute atomic E-state index is 0.265. The van der Waals surface area contributed by atoms with E-state index in [1.807, 2.05) is 30.3 Å². The molecule has 0 saturated carbocycles. The van der Waals surface area contributed by atoms with Crippen LogP contribution in [-0.4, -0.2) is 19.9 Å². The highest BCUT2D eigenvalue weighted by atomic mass is 79.9. The minimum Gasteiger partial charge on any atom is -0.382 e. The number of nitrogens with zero attached hydrogens (tertiary/aromatic N) is 4. The van der Waals surface area contributed by atoms with E-state index >= 15 is 0 Å². The number of anilines is 2. The summed E-state index contributed by atoms with van der Waals surface area (Å²) < 4.78 is 1.49. The zero-order valence-corrected chi connectivity index (χ0v) is 19.2. The van der Waals surface area contributed by atoms with Crippen molar-refractivity contribution in [3.8, 4) is 0 Å². The van der Waals surface area contributed by atoms with Crippen LogP contribution in [0.1, 0.15) is 11.3 Å². The van der Waals surface area contributed by atoms with Crippen LogP contribution in [0.15, 0.2) is 44.1 Å². The van der Waals surface area contributed by atoms with Crippen molar-refractivity contribution < 1.29 is 0 Å². The second-order valence-electron chi connectivity index (χ2n) is 4.78. The van der Waals surface area contributed by atoms with E-state index in [2.05, 4.69) is 67.7 Å². The Bertz CT molecular complexity index is 861. The second-order valence-corrected chi connectivity index (χ2v) is 7.75. The van der Waals surface area contributed by atoms with Crippen molar-refractivity contribution in [1.29, 1.82) is 0 Å². The Labute approximate surface area is 185 Å². The molecule has 3 aromatic rings. The Hall–Kier alpha value is -1.00. The van der Waals surface area contributed by atoms with Crippen molar-refractivity contribution in [1.82, 2.24) is 19.9 Å². The van der Waals surface area contributed by atoms with Gasteiger partial charge >= 0.3 is 0 Å². The normalized spacial score (nSPS) is 10.2. The Morgan fingerprint density at radius 3 is 1.85 bits per heavy atom. The largest absolute Gasteiger partial charge is 0.382 e. The fourth-order valence-electron chi connectivity index (χ4n) is 1.75. The summed E-state index contributed by atoms with van der Waals surface area (Å²) in [6, 6.07) is 9.96. The van der Waals surface area contributed by atoms with Crippen molar-refractivity contribution in [3.63, 3.8) is 0 Å². The van der Waals surface area contributed by atoms with E-state index in [9.17, 15) is 0 Å². The summed E-state index contributed by atoms with van der Waals surface area (Å²) in [4.78, 5) is 15.9. The lowest BCUT2D eigenvalue weighted by Crippen LogP contribution is -2.03. The van der Waals surface area contributed by atoms with Gasteiger partial charge in [-0.15, -0.1) is 0 Å². The van der Waals surface area contributed by atoms with Crippen molar-refractivity contribution in [2.24, 2.45) is 0 Å². The molecule has 0 spiro atoms. The molecule has 0 saturated heterocycles. The van der Waals surface area contributed by atoms with Gasteiger partial charge < -0.3 is 11.5 Å². The van der Waals surface area contributed by atoms with Gasteiger partial charge in [0.2, 0.25) is 0 Å². The van der Waals surface area contributed by atoms with Crippen LogP contribution in [0.3, 0.4) is 0 Å². The van der Waals surface area contributed by atoms with Gasteiger partial charge in [-0.2, -0.15) is 0 Å². The monoisotopic (exact) mass is 582 g/mol. The van der Waals surface area contributed by atoms with Gasteiger partial charge in [-0.3, -0.25) is 0 Å². The number of benzene rings is 1. The van der Waals surface area contributed by atoms with E-state index in [4.69, 9.17) is 34.7 Å². The van der Waals surface area contributed by atoms with Crippen molar-refractivity contribution in [2.75, 3.05) is 11.5 Å². The second kappa shape index (κ2) is 9.80. The van der Waals surface area contributed by atoms with Crippen molar-refractivity contribution in [2.45, 2.75) is 6.42 Å². The van der Waals surface area contributed by atoms with Gasteiger partial charge in [0.05, 0.1) is 5.69 Å². The highest BCUT2D eigenvalue weighted by Gasteiger charge is 2.08. The molecule has 3 rings (SSSR count). The zero-order chi connectivity index (χ0) is 19.3. The lowest BCUT2D eigenvalue weighted by Gasteiger charge is -2.05. The van der Waals surface area contributed by atoms with Crippen LogP contribution < -0.4 is 11.5 Å². The van der Waals surface area contributed by atoms with E-state index < -0.39 is 0 Å². The highest BCUT2D eigenvalue weighted by Crippen LogP contribution is 2.24. The zero-order valence-electron chi connectivity index (χ0n) is 12.9. The number of rotatable bonds is 2. The van der Waals surface area contributed by atoms with E-state index in [1.165, 1.54) is 0 Å². The molecule has 0 aliphatic rings.